The van der Waals surface area contributed by atoms with Gasteiger partial charge in [-0.3, -0.25) is 0 Å². The van der Waals surface area contributed by atoms with Crippen LogP contribution in [0.5, 0.6) is 11.6 Å². The minimum Gasteiger partial charge on any atom is -0.437 e. The fourth-order valence-corrected chi connectivity index (χ4v) is 1.34. The van der Waals surface area contributed by atoms with Crippen molar-refractivity contribution in [3.63, 3.8) is 0 Å². The number of aryl methyl sites for hydroxylation is 2. The number of aromatic nitrogens is 2. The smallest absolute Gasteiger partial charge is 0.238 e. The molecule has 0 atom stereocenters. The van der Waals surface area contributed by atoms with Crippen LogP contribution < -0.4 is 10.5 Å². The number of hydrogen-bond donors (Lipinski definition) is 1. The monoisotopic (exact) mass is 215 g/mol. The van der Waals surface area contributed by atoms with E-state index in [2.05, 4.69) is 10.2 Å². The van der Waals surface area contributed by atoms with Gasteiger partial charge in [-0.1, -0.05) is 0 Å². The Morgan fingerprint density at radius 2 is 1.88 bits per heavy atom. The van der Waals surface area contributed by atoms with Crippen LogP contribution in [0.2, 0.25) is 0 Å². The molecule has 2 N–H and O–H groups in total. The molecule has 2 aromatic rings. The average Bonchev–Trinajstić information content (AvgIpc) is 2.25. The Bertz CT molecular complexity index is 494. The first-order valence-electron chi connectivity index (χ1n) is 4.99. The van der Waals surface area contributed by atoms with Crippen molar-refractivity contribution in [1.29, 1.82) is 0 Å². The van der Waals surface area contributed by atoms with Gasteiger partial charge in [-0.2, -0.15) is 5.10 Å². The summed E-state index contributed by atoms with van der Waals surface area (Å²) >= 11 is 0. The summed E-state index contributed by atoms with van der Waals surface area (Å²) in [7, 11) is 0. The van der Waals surface area contributed by atoms with Crippen LogP contribution in [0.1, 0.15) is 11.3 Å². The lowest BCUT2D eigenvalue weighted by Crippen LogP contribution is -1.94. The molecular weight excluding hydrogens is 202 g/mol. The van der Waals surface area contributed by atoms with E-state index in [9.17, 15) is 0 Å². The molecule has 0 unspecified atom stereocenters. The van der Waals surface area contributed by atoms with Crippen molar-refractivity contribution in [2.75, 3.05) is 5.73 Å². The van der Waals surface area contributed by atoms with E-state index in [4.69, 9.17) is 10.5 Å². The Morgan fingerprint density at radius 1 is 1.06 bits per heavy atom. The second-order valence-electron chi connectivity index (χ2n) is 3.64. The van der Waals surface area contributed by atoms with Crippen LogP contribution in [0.15, 0.2) is 30.3 Å². The number of ether oxygens (including phenoxy) is 1. The highest BCUT2D eigenvalue weighted by atomic mass is 16.5. The maximum Gasteiger partial charge on any atom is 0.238 e. The number of rotatable bonds is 2. The zero-order valence-corrected chi connectivity index (χ0v) is 9.27. The summed E-state index contributed by atoms with van der Waals surface area (Å²) in [4.78, 5) is 0. The second-order valence-corrected chi connectivity index (χ2v) is 3.64. The second kappa shape index (κ2) is 4.18. The van der Waals surface area contributed by atoms with Gasteiger partial charge in [0.25, 0.3) is 0 Å². The number of benzene rings is 1. The molecule has 0 aliphatic carbocycles. The normalized spacial score (nSPS) is 10.1. The molecule has 0 bridgehead atoms. The molecule has 2 rings (SSSR count). The van der Waals surface area contributed by atoms with Gasteiger partial charge in [0.2, 0.25) is 5.88 Å². The highest BCUT2D eigenvalue weighted by Gasteiger charge is 2.02. The molecule has 0 saturated carbocycles. The van der Waals surface area contributed by atoms with Gasteiger partial charge in [-0.15, -0.1) is 5.10 Å². The number of nitrogens with zero attached hydrogens (tertiary/aromatic N) is 2. The molecule has 0 aliphatic heterocycles. The summed E-state index contributed by atoms with van der Waals surface area (Å²) in [6, 6.07) is 9.13. The number of nitrogen functional groups attached to an aromatic ring is 1. The fraction of sp³-hybridized carbons (Fsp3) is 0.167. The topological polar surface area (TPSA) is 61.0 Å². The third-order valence-electron chi connectivity index (χ3n) is 2.19. The van der Waals surface area contributed by atoms with Gasteiger partial charge >= 0.3 is 0 Å². The highest BCUT2D eigenvalue weighted by Crippen LogP contribution is 2.24. The molecule has 0 amide bonds. The molecule has 0 aliphatic rings. The lowest BCUT2D eigenvalue weighted by molar-refractivity contribution is 0.451. The van der Waals surface area contributed by atoms with Crippen LogP contribution in [0.3, 0.4) is 0 Å². The summed E-state index contributed by atoms with van der Waals surface area (Å²) in [5.41, 5.74) is 8.22. The van der Waals surface area contributed by atoms with E-state index >= 15 is 0 Å². The van der Waals surface area contributed by atoms with Gasteiger partial charge in [0, 0.05) is 11.8 Å². The average molecular weight is 215 g/mol. The van der Waals surface area contributed by atoms with Crippen molar-refractivity contribution in [3.8, 4) is 11.6 Å². The Hall–Kier alpha value is -2.10. The van der Waals surface area contributed by atoms with Gasteiger partial charge in [0.1, 0.15) is 5.75 Å². The number of nitrogens with two attached hydrogens (primary N) is 1. The number of hydrogen-bond acceptors (Lipinski definition) is 4. The van der Waals surface area contributed by atoms with Crippen LogP contribution in [0.25, 0.3) is 0 Å². The predicted octanol–water partition coefficient (Wildman–Crippen LogP) is 2.47. The Kier molecular flexibility index (Phi) is 2.72. The summed E-state index contributed by atoms with van der Waals surface area (Å²) in [5.74, 6) is 1.23. The number of anilines is 1. The van der Waals surface area contributed by atoms with Crippen molar-refractivity contribution in [2.45, 2.75) is 13.8 Å². The Morgan fingerprint density at radius 3 is 2.50 bits per heavy atom. The zero-order chi connectivity index (χ0) is 11.5. The first kappa shape index (κ1) is 10.4. The van der Waals surface area contributed by atoms with E-state index in [0.717, 1.165) is 22.7 Å². The molecule has 0 fully saturated rings. The fourth-order valence-electron chi connectivity index (χ4n) is 1.34. The lowest BCUT2D eigenvalue weighted by Gasteiger charge is -2.07. The van der Waals surface area contributed by atoms with E-state index in [0.29, 0.717) is 5.88 Å². The van der Waals surface area contributed by atoms with Gasteiger partial charge in [0.15, 0.2) is 0 Å². The third-order valence-corrected chi connectivity index (χ3v) is 2.19. The van der Waals surface area contributed by atoms with Crippen molar-refractivity contribution < 1.29 is 4.74 Å². The van der Waals surface area contributed by atoms with Crippen molar-refractivity contribution in [2.24, 2.45) is 0 Å². The van der Waals surface area contributed by atoms with Gasteiger partial charge < -0.3 is 10.5 Å². The molecule has 1 aromatic heterocycles. The first-order valence-corrected chi connectivity index (χ1v) is 4.99. The summed E-state index contributed by atoms with van der Waals surface area (Å²) in [6.07, 6.45) is 0. The maximum absolute atomic E-state index is 5.66. The predicted molar refractivity (Wildman–Crippen MR) is 62.4 cm³/mol. The molecule has 4 nitrogen and oxygen atoms in total. The van der Waals surface area contributed by atoms with E-state index in [-0.39, 0.29) is 0 Å². The largest absolute Gasteiger partial charge is 0.437 e. The van der Waals surface area contributed by atoms with Gasteiger partial charge in [-0.05, 0) is 43.7 Å². The lowest BCUT2D eigenvalue weighted by atomic mass is 10.2. The maximum atomic E-state index is 5.66. The van der Waals surface area contributed by atoms with E-state index < -0.39 is 0 Å². The highest BCUT2D eigenvalue weighted by molar-refractivity contribution is 5.48. The SMILES string of the molecule is Cc1ccc(Oc2ccc(N)cc2C)nn1. The summed E-state index contributed by atoms with van der Waals surface area (Å²) in [6.45, 7) is 3.82. The van der Waals surface area contributed by atoms with E-state index in [1.54, 1.807) is 12.1 Å². The standard InChI is InChI=1S/C12H13N3O/c1-8-7-10(13)4-5-11(8)16-12-6-3-9(2)14-15-12/h3-7H,13H2,1-2H3. The van der Waals surface area contributed by atoms with Crippen LogP contribution in [0, 0.1) is 13.8 Å². The minimum absolute atomic E-state index is 0.485. The van der Waals surface area contributed by atoms with Crippen LogP contribution in [-0.4, -0.2) is 10.2 Å². The molecule has 0 saturated heterocycles. The molecule has 0 spiro atoms. The molecule has 82 valence electrons. The molecule has 16 heavy (non-hydrogen) atoms. The van der Waals surface area contributed by atoms with Crippen LogP contribution >= 0.6 is 0 Å². The molecular formula is C12H13N3O. The quantitative estimate of drug-likeness (QED) is 0.782. The summed E-state index contributed by atoms with van der Waals surface area (Å²) in [5, 5.41) is 7.86. The molecule has 0 radical (unpaired) electrons. The van der Waals surface area contributed by atoms with Crippen LogP contribution in [-0.2, 0) is 0 Å². The first-order chi connectivity index (χ1) is 7.65. The Balaban J connectivity index is 2.23. The molecule has 1 aromatic carbocycles. The van der Waals surface area contributed by atoms with Crippen LogP contribution in [0.4, 0.5) is 5.69 Å². The Labute approximate surface area is 94.1 Å². The van der Waals surface area contributed by atoms with E-state index in [1.807, 2.05) is 32.0 Å². The van der Waals surface area contributed by atoms with Crippen molar-refractivity contribution >= 4 is 5.69 Å². The third kappa shape index (κ3) is 2.28. The van der Waals surface area contributed by atoms with E-state index in [1.165, 1.54) is 0 Å². The zero-order valence-electron chi connectivity index (χ0n) is 9.27. The molecule has 4 heteroatoms. The van der Waals surface area contributed by atoms with Gasteiger partial charge in [-0.25, -0.2) is 0 Å². The van der Waals surface area contributed by atoms with Crippen molar-refractivity contribution in [3.05, 3.63) is 41.6 Å². The van der Waals surface area contributed by atoms with Gasteiger partial charge in [0.05, 0.1) is 5.69 Å². The van der Waals surface area contributed by atoms with Crippen molar-refractivity contribution in [1.82, 2.24) is 10.2 Å². The summed E-state index contributed by atoms with van der Waals surface area (Å²) < 4.78 is 5.59. The molecule has 1 heterocycles. The minimum atomic E-state index is 0.485.